The number of nitrogens with one attached hydrogen (secondary N) is 1. The van der Waals surface area contributed by atoms with Crippen LogP contribution in [0.25, 0.3) is 0 Å². The van der Waals surface area contributed by atoms with E-state index in [0.29, 0.717) is 16.5 Å². The van der Waals surface area contributed by atoms with Crippen molar-refractivity contribution >= 4 is 21.9 Å². The second-order valence-electron chi connectivity index (χ2n) is 4.14. The van der Waals surface area contributed by atoms with Crippen LogP contribution in [-0.4, -0.2) is 19.1 Å². The maximum absolute atomic E-state index is 11.8. The van der Waals surface area contributed by atoms with Crippen molar-refractivity contribution in [3.05, 3.63) is 22.6 Å². The molecular weight excluding hydrogens is 274 g/mol. The van der Waals surface area contributed by atoms with Gasteiger partial charge in [-0.25, -0.2) is 4.79 Å². The molecule has 1 heterocycles. The quantitative estimate of drug-likeness (QED) is 0.863. The van der Waals surface area contributed by atoms with E-state index in [9.17, 15) is 4.79 Å². The van der Waals surface area contributed by atoms with Gasteiger partial charge in [-0.3, -0.25) is 5.32 Å². The van der Waals surface area contributed by atoms with Crippen molar-refractivity contribution in [2.24, 2.45) is 0 Å². The molecule has 0 saturated heterocycles. The zero-order valence-corrected chi connectivity index (χ0v) is 10.8. The number of furan rings is 1. The summed E-state index contributed by atoms with van der Waals surface area (Å²) in [5.74, 6) is 0.236. The van der Waals surface area contributed by atoms with Crippen LogP contribution in [0.1, 0.15) is 25.5 Å². The van der Waals surface area contributed by atoms with Crippen LogP contribution >= 0.6 is 15.9 Å². The van der Waals surface area contributed by atoms with Crippen molar-refractivity contribution in [2.45, 2.75) is 31.3 Å². The predicted octanol–water partition coefficient (Wildman–Crippen LogP) is 2.18. The van der Waals surface area contributed by atoms with Gasteiger partial charge in [0.15, 0.2) is 10.2 Å². The van der Waals surface area contributed by atoms with Crippen LogP contribution in [0.3, 0.4) is 0 Å². The average molecular weight is 288 g/mol. The lowest BCUT2D eigenvalue weighted by Crippen LogP contribution is -2.48. The molecule has 0 spiro atoms. The van der Waals surface area contributed by atoms with Gasteiger partial charge < -0.3 is 9.15 Å². The molecule has 0 aliphatic heterocycles. The zero-order chi connectivity index (χ0) is 11.8. The molecule has 2 rings (SSSR count). The number of carbonyl (C=O) groups is 1. The van der Waals surface area contributed by atoms with Crippen LogP contribution in [0, 0.1) is 0 Å². The SMILES string of the molecule is COC(=O)C(C)(NC1CC1)c1ccc(Br)o1. The lowest BCUT2D eigenvalue weighted by atomic mass is 9.99. The summed E-state index contributed by atoms with van der Waals surface area (Å²) in [5.41, 5.74) is -0.901. The number of hydrogen-bond donors (Lipinski definition) is 1. The molecule has 1 fully saturated rings. The molecule has 1 unspecified atom stereocenters. The highest BCUT2D eigenvalue weighted by molar-refractivity contribution is 9.10. The van der Waals surface area contributed by atoms with Gasteiger partial charge in [0.1, 0.15) is 5.76 Å². The first-order chi connectivity index (χ1) is 7.56. The van der Waals surface area contributed by atoms with Gasteiger partial charge in [0.2, 0.25) is 0 Å². The maximum atomic E-state index is 11.8. The van der Waals surface area contributed by atoms with E-state index in [1.807, 2.05) is 0 Å². The summed E-state index contributed by atoms with van der Waals surface area (Å²) in [7, 11) is 1.38. The van der Waals surface area contributed by atoms with Crippen LogP contribution in [0.15, 0.2) is 21.2 Å². The zero-order valence-electron chi connectivity index (χ0n) is 9.25. The summed E-state index contributed by atoms with van der Waals surface area (Å²) < 4.78 is 10.9. The van der Waals surface area contributed by atoms with Crippen LogP contribution in [0.2, 0.25) is 0 Å². The van der Waals surface area contributed by atoms with E-state index in [2.05, 4.69) is 21.2 Å². The van der Waals surface area contributed by atoms with E-state index in [0.717, 1.165) is 12.8 Å². The van der Waals surface area contributed by atoms with Crippen molar-refractivity contribution in [3.8, 4) is 0 Å². The second-order valence-corrected chi connectivity index (χ2v) is 4.92. The number of esters is 1. The molecule has 0 amide bonds. The summed E-state index contributed by atoms with van der Waals surface area (Å²) in [6.45, 7) is 1.78. The minimum Gasteiger partial charge on any atom is -0.467 e. The topological polar surface area (TPSA) is 51.5 Å². The van der Waals surface area contributed by atoms with Crippen molar-refractivity contribution in [1.29, 1.82) is 0 Å². The van der Waals surface area contributed by atoms with Crippen LogP contribution in [0.4, 0.5) is 0 Å². The smallest absolute Gasteiger partial charge is 0.333 e. The molecule has 1 aliphatic rings. The molecule has 88 valence electrons. The third kappa shape index (κ3) is 2.15. The Hall–Kier alpha value is -0.810. The standard InChI is InChI=1S/C11H14BrNO3/c1-11(10(14)15-2,13-7-3-4-7)8-5-6-9(12)16-8/h5-7,13H,3-4H2,1-2H3. The number of halogens is 1. The Labute approximate surface area is 102 Å². The summed E-state index contributed by atoms with van der Waals surface area (Å²) in [6.07, 6.45) is 2.18. The highest BCUT2D eigenvalue weighted by atomic mass is 79.9. The maximum Gasteiger partial charge on any atom is 0.333 e. The molecule has 4 nitrogen and oxygen atoms in total. The highest BCUT2D eigenvalue weighted by Crippen LogP contribution is 2.31. The Morgan fingerprint density at radius 3 is 2.75 bits per heavy atom. The molecule has 1 aromatic heterocycles. The normalized spacial score (nSPS) is 19.2. The minimum atomic E-state index is -0.901. The summed E-state index contributed by atoms with van der Waals surface area (Å²) in [5, 5.41) is 3.26. The van der Waals surface area contributed by atoms with Gasteiger partial charge in [-0.15, -0.1) is 0 Å². The third-order valence-corrected chi connectivity index (χ3v) is 3.16. The number of hydrogen-bond acceptors (Lipinski definition) is 4. The summed E-state index contributed by atoms with van der Waals surface area (Å²) in [6, 6.07) is 3.93. The monoisotopic (exact) mass is 287 g/mol. The number of ether oxygens (including phenoxy) is 1. The Balaban J connectivity index is 2.28. The van der Waals surface area contributed by atoms with Gasteiger partial charge in [-0.1, -0.05) is 0 Å². The summed E-state index contributed by atoms with van der Waals surface area (Å²) >= 11 is 3.23. The number of methoxy groups -OCH3 is 1. The Kier molecular flexibility index (Phi) is 3.08. The Bertz CT molecular complexity index is 400. The largest absolute Gasteiger partial charge is 0.467 e. The average Bonchev–Trinajstić information content (AvgIpc) is 2.96. The third-order valence-electron chi connectivity index (χ3n) is 2.73. The number of carbonyl (C=O) groups excluding carboxylic acids is 1. The van der Waals surface area contributed by atoms with Gasteiger partial charge >= 0.3 is 5.97 Å². The van der Waals surface area contributed by atoms with E-state index in [1.165, 1.54) is 7.11 Å². The lowest BCUT2D eigenvalue weighted by molar-refractivity contribution is -0.149. The molecule has 0 radical (unpaired) electrons. The van der Waals surface area contributed by atoms with Crippen molar-refractivity contribution < 1.29 is 13.9 Å². The molecule has 1 aromatic rings. The van der Waals surface area contributed by atoms with Gasteiger partial charge in [-0.2, -0.15) is 0 Å². The van der Waals surface area contributed by atoms with Crippen molar-refractivity contribution in [1.82, 2.24) is 5.32 Å². The molecule has 5 heteroatoms. The first-order valence-corrected chi connectivity index (χ1v) is 5.97. The van der Waals surface area contributed by atoms with E-state index in [-0.39, 0.29) is 5.97 Å². The predicted molar refractivity (Wildman–Crippen MR) is 61.9 cm³/mol. The molecule has 1 atom stereocenters. The fourth-order valence-corrected chi connectivity index (χ4v) is 1.96. The molecular formula is C11H14BrNO3. The Morgan fingerprint density at radius 2 is 2.31 bits per heavy atom. The van der Waals surface area contributed by atoms with Gasteiger partial charge in [-0.05, 0) is 47.8 Å². The highest BCUT2D eigenvalue weighted by Gasteiger charge is 2.43. The lowest BCUT2D eigenvalue weighted by Gasteiger charge is -2.25. The van der Waals surface area contributed by atoms with Crippen LogP contribution in [-0.2, 0) is 15.1 Å². The molecule has 1 saturated carbocycles. The summed E-state index contributed by atoms with van der Waals surface area (Å²) in [4.78, 5) is 11.8. The van der Waals surface area contributed by atoms with Crippen molar-refractivity contribution in [2.75, 3.05) is 7.11 Å². The van der Waals surface area contributed by atoms with Gasteiger partial charge in [0.05, 0.1) is 7.11 Å². The van der Waals surface area contributed by atoms with E-state index in [1.54, 1.807) is 19.1 Å². The molecule has 16 heavy (non-hydrogen) atoms. The first-order valence-electron chi connectivity index (χ1n) is 5.18. The molecule has 1 N–H and O–H groups in total. The molecule has 1 aliphatic carbocycles. The van der Waals surface area contributed by atoms with E-state index >= 15 is 0 Å². The van der Waals surface area contributed by atoms with E-state index in [4.69, 9.17) is 9.15 Å². The Morgan fingerprint density at radius 1 is 1.62 bits per heavy atom. The van der Waals surface area contributed by atoms with Crippen LogP contribution in [0.5, 0.6) is 0 Å². The van der Waals surface area contributed by atoms with Gasteiger partial charge in [0.25, 0.3) is 0 Å². The molecule has 0 aromatic carbocycles. The minimum absolute atomic E-state index is 0.332. The molecule has 0 bridgehead atoms. The van der Waals surface area contributed by atoms with Gasteiger partial charge in [0, 0.05) is 6.04 Å². The fraction of sp³-hybridized carbons (Fsp3) is 0.545. The van der Waals surface area contributed by atoms with Crippen molar-refractivity contribution in [3.63, 3.8) is 0 Å². The number of rotatable bonds is 4. The van der Waals surface area contributed by atoms with E-state index < -0.39 is 5.54 Å². The second kappa shape index (κ2) is 4.22. The fourth-order valence-electron chi connectivity index (χ4n) is 1.65. The first kappa shape index (κ1) is 11.7. The van der Waals surface area contributed by atoms with Crippen LogP contribution < -0.4 is 5.32 Å².